The van der Waals surface area contributed by atoms with Gasteiger partial charge in [-0.1, -0.05) is 6.92 Å². The van der Waals surface area contributed by atoms with Crippen molar-refractivity contribution in [2.45, 2.75) is 51.0 Å². The average Bonchev–Trinajstić information content (AvgIpc) is 2.42. The van der Waals surface area contributed by atoms with Crippen LogP contribution < -0.4 is 5.32 Å². The minimum atomic E-state index is 0.277. The van der Waals surface area contributed by atoms with Crippen molar-refractivity contribution in [1.29, 1.82) is 0 Å². The minimum absolute atomic E-state index is 0.277. The molecule has 3 aliphatic heterocycles. The van der Waals surface area contributed by atoms with Gasteiger partial charge in [0.05, 0.1) is 5.60 Å². The Morgan fingerprint density at radius 3 is 2.89 bits per heavy atom. The lowest BCUT2D eigenvalue weighted by Gasteiger charge is -2.44. The normalized spacial score (nSPS) is 39.3. The molecule has 1 spiro atoms. The van der Waals surface area contributed by atoms with Crippen molar-refractivity contribution in [2.24, 2.45) is 17.8 Å². The summed E-state index contributed by atoms with van der Waals surface area (Å²) >= 11 is 2.11. The molecule has 3 fully saturated rings. The zero-order chi connectivity index (χ0) is 13.1. The Kier molecular flexibility index (Phi) is 4.76. The van der Waals surface area contributed by atoms with Crippen LogP contribution in [0.3, 0.4) is 0 Å². The maximum Gasteiger partial charge on any atom is 0.0700 e. The molecular weight excluding hydrogens is 254 g/mol. The van der Waals surface area contributed by atoms with Gasteiger partial charge in [0.2, 0.25) is 0 Å². The standard InChI is InChI=1S/C16H29NOS/c1-13-2-6-17-12-15(13)10-14-3-7-18-16(11-14)4-8-19-9-5-16/h13-15,17H,2-12H2,1H3. The zero-order valence-electron chi connectivity index (χ0n) is 12.3. The second-order valence-electron chi connectivity index (χ2n) is 6.97. The number of hydrogen-bond donors (Lipinski definition) is 1. The van der Waals surface area contributed by atoms with Gasteiger partial charge in [0.15, 0.2) is 0 Å². The number of hydrogen-bond acceptors (Lipinski definition) is 3. The van der Waals surface area contributed by atoms with Gasteiger partial charge in [-0.05, 0) is 80.9 Å². The van der Waals surface area contributed by atoms with Crippen molar-refractivity contribution in [2.75, 3.05) is 31.2 Å². The molecule has 0 amide bonds. The van der Waals surface area contributed by atoms with Crippen LogP contribution in [0.25, 0.3) is 0 Å². The molecule has 3 rings (SSSR count). The highest BCUT2D eigenvalue weighted by Gasteiger charge is 2.39. The van der Waals surface area contributed by atoms with Crippen LogP contribution in [0, 0.1) is 17.8 Å². The van der Waals surface area contributed by atoms with Crippen LogP contribution in [0.4, 0.5) is 0 Å². The van der Waals surface area contributed by atoms with Gasteiger partial charge >= 0.3 is 0 Å². The number of rotatable bonds is 2. The van der Waals surface area contributed by atoms with E-state index in [0.29, 0.717) is 0 Å². The van der Waals surface area contributed by atoms with Crippen molar-refractivity contribution in [3.05, 3.63) is 0 Å². The molecular formula is C16H29NOS. The van der Waals surface area contributed by atoms with Crippen LogP contribution in [0.2, 0.25) is 0 Å². The van der Waals surface area contributed by atoms with E-state index in [1.54, 1.807) is 0 Å². The van der Waals surface area contributed by atoms with Gasteiger partial charge < -0.3 is 10.1 Å². The topological polar surface area (TPSA) is 21.3 Å². The molecule has 0 aliphatic carbocycles. The lowest BCUT2D eigenvalue weighted by atomic mass is 9.74. The summed E-state index contributed by atoms with van der Waals surface area (Å²) in [7, 11) is 0. The van der Waals surface area contributed by atoms with Crippen molar-refractivity contribution in [3.8, 4) is 0 Å². The summed E-state index contributed by atoms with van der Waals surface area (Å²) in [6, 6.07) is 0. The highest BCUT2D eigenvalue weighted by Crippen LogP contribution is 2.42. The van der Waals surface area contributed by atoms with E-state index in [9.17, 15) is 0 Å². The fourth-order valence-electron chi connectivity index (χ4n) is 4.22. The van der Waals surface area contributed by atoms with Crippen LogP contribution in [0.15, 0.2) is 0 Å². The molecule has 0 aromatic heterocycles. The van der Waals surface area contributed by atoms with Gasteiger partial charge in [0, 0.05) is 6.61 Å². The molecule has 0 aromatic carbocycles. The molecule has 0 bridgehead atoms. The first-order chi connectivity index (χ1) is 9.27. The molecule has 3 unspecified atom stereocenters. The molecule has 3 heterocycles. The number of piperidine rings is 1. The fraction of sp³-hybridized carbons (Fsp3) is 1.00. The van der Waals surface area contributed by atoms with Crippen molar-refractivity contribution < 1.29 is 4.74 Å². The average molecular weight is 283 g/mol. The lowest BCUT2D eigenvalue weighted by Crippen LogP contribution is -2.44. The molecule has 110 valence electrons. The first kappa shape index (κ1) is 14.2. The minimum Gasteiger partial charge on any atom is -0.375 e. The summed E-state index contributed by atoms with van der Waals surface area (Å²) in [5.41, 5.74) is 0.277. The highest BCUT2D eigenvalue weighted by molar-refractivity contribution is 7.99. The van der Waals surface area contributed by atoms with Crippen LogP contribution >= 0.6 is 11.8 Å². The van der Waals surface area contributed by atoms with Crippen LogP contribution in [-0.4, -0.2) is 36.8 Å². The van der Waals surface area contributed by atoms with Crippen LogP contribution in [0.1, 0.15) is 45.4 Å². The second kappa shape index (κ2) is 6.36. The summed E-state index contributed by atoms with van der Waals surface area (Å²) in [4.78, 5) is 0. The molecule has 0 aromatic rings. The van der Waals surface area contributed by atoms with Gasteiger partial charge in [0.1, 0.15) is 0 Å². The van der Waals surface area contributed by atoms with E-state index in [1.807, 2.05) is 0 Å². The number of ether oxygens (including phenoxy) is 1. The van der Waals surface area contributed by atoms with Crippen LogP contribution in [-0.2, 0) is 4.74 Å². The van der Waals surface area contributed by atoms with Crippen molar-refractivity contribution in [1.82, 2.24) is 5.32 Å². The summed E-state index contributed by atoms with van der Waals surface area (Å²) in [5.74, 6) is 5.38. The predicted molar refractivity (Wildman–Crippen MR) is 82.7 cm³/mol. The van der Waals surface area contributed by atoms with Gasteiger partial charge in [-0.25, -0.2) is 0 Å². The first-order valence-electron chi connectivity index (χ1n) is 8.20. The van der Waals surface area contributed by atoms with Gasteiger partial charge in [0.25, 0.3) is 0 Å². The third-order valence-electron chi connectivity index (χ3n) is 5.62. The first-order valence-corrected chi connectivity index (χ1v) is 9.35. The Hall–Kier alpha value is 0.270. The molecule has 0 radical (unpaired) electrons. The quantitative estimate of drug-likeness (QED) is 0.840. The van der Waals surface area contributed by atoms with E-state index in [1.165, 1.54) is 63.1 Å². The summed E-state index contributed by atoms with van der Waals surface area (Å²) in [5, 5.41) is 3.59. The Balaban J connectivity index is 1.55. The summed E-state index contributed by atoms with van der Waals surface area (Å²) in [6.45, 7) is 5.95. The van der Waals surface area contributed by atoms with E-state index in [4.69, 9.17) is 4.74 Å². The zero-order valence-corrected chi connectivity index (χ0v) is 13.1. The number of nitrogens with one attached hydrogen (secondary N) is 1. The van der Waals surface area contributed by atoms with Crippen molar-refractivity contribution >= 4 is 11.8 Å². The van der Waals surface area contributed by atoms with E-state index in [-0.39, 0.29) is 5.60 Å². The second-order valence-corrected chi connectivity index (χ2v) is 8.19. The lowest BCUT2D eigenvalue weighted by molar-refractivity contribution is -0.106. The largest absolute Gasteiger partial charge is 0.375 e. The molecule has 3 heteroatoms. The Morgan fingerprint density at radius 1 is 1.26 bits per heavy atom. The van der Waals surface area contributed by atoms with E-state index in [2.05, 4.69) is 24.0 Å². The maximum absolute atomic E-state index is 6.22. The SMILES string of the molecule is CC1CCNCC1CC1CCOC2(CCSCC2)C1. The molecule has 0 saturated carbocycles. The Labute approximate surface area is 122 Å². The van der Waals surface area contributed by atoms with Gasteiger partial charge in [-0.15, -0.1) is 0 Å². The summed E-state index contributed by atoms with van der Waals surface area (Å²) in [6.07, 6.45) is 8.05. The van der Waals surface area contributed by atoms with E-state index < -0.39 is 0 Å². The predicted octanol–water partition coefficient (Wildman–Crippen LogP) is 3.31. The smallest absolute Gasteiger partial charge is 0.0700 e. The van der Waals surface area contributed by atoms with Gasteiger partial charge in [-0.3, -0.25) is 0 Å². The molecule has 2 nitrogen and oxygen atoms in total. The molecule has 19 heavy (non-hydrogen) atoms. The molecule has 3 aliphatic rings. The molecule has 3 saturated heterocycles. The van der Waals surface area contributed by atoms with Crippen LogP contribution in [0.5, 0.6) is 0 Å². The van der Waals surface area contributed by atoms with Gasteiger partial charge in [-0.2, -0.15) is 11.8 Å². The monoisotopic (exact) mass is 283 g/mol. The van der Waals surface area contributed by atoms with Crippen molar-refractivity contribution in [3.63, 3.8) is 0 Å². The third-order valence-corrected chi connectivity index (χ3v) is 6.61. The summed E-state index contributed by atoms with van der Waals surface area (Å²) < 4.78 is 6.22. The molecule has 1 N–H and O–H groups in total. The fourth-order valence-corrected chi connectivity index (χ4v) is 5.46. The highest BCUT2D eigenvalue weighted by atomic mass is 32.2. The van der Waals surface area contributed by atoms with E-state index in [0.717, 1.165) is 24.4 Å². The Morgan fingerprint density at radius 2 is 2.11 bits per heavy atom. The third kappa shape index (κ3) is 3.48. The Bertz CT molecular complexity index is 285. The number of thioether (sulfide) groups is 1. The maximum atomic E-state index is 6.22. The molecule has 3 atom stereocenters. The van der Waals surface area contributed by atoms with E-state index >= 15 is 0 Å².